The van der Waals surface area contributed by atoms with Crippen LogP contribution >= 0.6 is 0 Å². The summed E-state index contributed by atoms with van der Waals surface area (Å²) in [4.78, 5) is 9.16. The standard InChI is InChI=1S/C11H13FN2O6S/c12-8-3-10(20-6-7-1-2-19-5-7)9(14(15)16)4-11(8)21(13,17)18/h3-4,7H,1-2,5-6H2,(H2,13,17,18). The molecule has 0 bridgehead atoms. The molecule has 1 fully saturated rings. The summed E-state index contributed by atoms with van der Waals surface area (Å²) in [5.74, 6) is -1.47. The fourth-order valence-corrected chi connectivity index (χ4v) is 2.53. The van der Waals surface area contributed by atoms with Crippen LogP contribution < -0.4 is 9.88 Å². The molecule has 1 aromatic carbocycles. The molecule has 1 heterocycles. The molecule has 2 N–H and O–H groups in total. The van der Waals surface area contributed by atoms with Crippen molar-refractivity contribution < 1.29 is 27.2 Å². The summed E-state index contributed by atoms with van der Waals surface area (Å²) in [7, 11) is -4.39. The van der Waals surface area contributed by atoms with E-state index in [1.165, 1.54) is 0 Å². The summed E-state index contributed by atoms with van der Waals surface area (Å²) in [5.41, 5.74) is -0.653. The number of halogens is 1. The third-order valence-electron chi connectivity index (χ3n) is 3.02. The van der Waals surface area contributed by atoms with Gasteiger partial charge in [-0.05, 0) is 6.42 Å². The molecule has 21 heavy (non-hydrogen) atoms. The Morgan fingerprint density at radius 3 is 2.76 bits per heavy atom. The number of nitrogens with zero attached hydrogens (tertiary/aromatic N) is 1. The Balaban J connectivity index is 2.31. The average molecular weight is 320 g/mol. The van der Waals surface area contributed by atoms with E-state index in [1.807, 2.05) is 0 Å². The van der Waals surface area contributed by atoms with Crippen LogP contribution in [0.25, 0.3) is 0 Å². The number of ether oxygens (including phenoxy) is 2. The van der Waals surface area contributed by atoms with Crippen LogP contribution in [0.5, 0.6) is 5.75 Å². The number of sulfonamides is 1. The van der Waals surface area contributed by atoms with Crippen LogP contribution in [0.2, 0.25) is 0 Å². The van der Waals surface area contributed by atoms with Crippen molar-refractivity contribution >= 4 is 15.7 Å². The van der Waals surface area contributed by atoms with Crippen LogP contribution in [-0.2, 0) is 14.8 Å². The second-order valence-corrected chi connectivity index (χ2v) is 6.12. The van der Waals surface area contributed by atoms with E-state index < -0.39 is 31.3 Å². The number of nitrogens with two attached hydrogens (primary N) is 1. The maximum absolute atomic E-state index is 13.7. The molecule has 0 radical (unpaired) electrons. The molecule has 2 rings (SSSR count). The first-order valence-corrected chi connectivity index (χ1v) is 7.55. The van der Waals surface area contributed by atoms with Gasteiger partial charge in [0.1, 0.15) is 10.7 Å². The number of primary sulfonamides is 1. The lowest BCUT2D eigenvalue weighted by Crippen LogP contribution is -2.16. The fraction of sp³-hybridized carbons (Fsp3) is 0.455. The molecule has 10 heteroatoms. The van der Waals surface area contributed by atoms with Crippen molar-refractivity contribution in [3.63, 3.8) is 0 Å². The number of hydrogen-bond acceptors (Lipinski definition) is 6. The zero-order valence-corrected chi connectivity index (χ0v) is 11.6. The van der Waals surface area contributed by atoms with Crippen LogP contribution in [0, 0.1) is 21.8 Å². The lowest BCUT2D eigenvalue weighted by atomic mass is 10.1. The van der Waals surface area contributed by atoms with Crippen molar-refractivity contribution in [3.8, 4) is 5.75 Å². The molecule has 0 saturated carbocycles. The smallest absolute Gasteiger partial charge is 0.312 e. The Hall–Kier alpha value is -1.78. The lowest BCUT2D eigenvalue weighted by Gasteiger charge is -2.11. The summed E-state index contributed by atoms with van der Waals surface area (Å²) in [5, 5.41) is 15.8. The van der Waals surface area contributed by atoms with Crippen LogP contribution in [-0.4, -0.2) is 33.2 Å². The van der Waals surface area contributed by atoms with Crippen molar-refractivity contribution in [3.05, 3.63) is 28.1 Å². The van der Waals surface area contributed by atoms with Crippen LogP contribution in [0.3, 0.4) is 0 Å². The lowest BCUT2D eigenvalue weighted by molar-refractivity contribution is -0.386. The highest BCUT2D eigenvalue weighted by atomic mass is 32.2. The molecule has 0 aromatic heterocycles. The van der Waals surface area contributed by atoms with Crippen LogP contribution in [0.1, 0.15) is 6.42 Å². The Morgan fingerprint density at radius 2 is 2.24 bits per heavy atom. The maximum Gasteiger partial charge on any atom is 0.312 e. The van der Waals surface area contributed by atoms with E-state index in [-0.39, 0.29) is 18.3 Å². The molecule has 1 atom stereocenters. The second-order valence-electron chi connectivity index (χ2n) is 4.59. The molecule has 1 saturated heterocycles. The predicted molar refractivity (Wildman–Crippen MR) is 68.8 cm³/mol. The highest BCUT2D eigenvalue weighted by Crippen LogP contribution is 2.32. The van der Waals surface area contributed by atoms with Crippen LogP contribution in [0.15, 0.2) is 17.0 Å². The van der Waals surface area contributed by atoms with Gasteiger partial charge in [-0.3, -0.25) is 10.1 Å². The highest BCUT2D eigenvalue weighted by Gasteiger charge is 2.26. The summed E-state index contributed by atoms with van der Waals surface area (Å²) in [6, 6.07) is 1.22. The van der Waals surface area contributed by atoms with E-state index in [4.69, 9.17) is 14.6 Å². The topological polar surface area (TPSA) is 122 Å². The number of nitro benzene ring substituents is 1. The number of benzene rings is 1. The molecule has 1 unspecified atom stereocenters. The van der Waals surface area contributed by atoms with Crippen molar-refractivity contribution in [2.45, 2.75) is 11.3 Å². The molecule has 1 aromatic rings. The quantitative estimate of drug-likeness (QED) is 0.632. The molecule has 116 valence electrons. The van der Waals surface area contributed by atoms with Gasteiger partial charge < -0.3 is 9.47 Å². The van der Waals surface area contributed by atoms with Gasteiger partial charge in [-0.15, -0.1) is 0 Å². The Labute approximate surface area is 119 Å². The van der Waals surface area contributed by atoms with Crippen molar-refractivity contribution in [1.29, 1.82) is 0 Å². The third-order valence-corrected chi connectivity index (χ3v) is 3.94. The van der Waals surface area contributed by atoms with Gasteiger partial charge in [0, 0.05) is 24.7 Å². The molecule has 0 spiro atoms. The minimum absolute atomic E-state index is 0.0607. The molecule has 8 nitrogen and oxygen atoms in total. The third kappa shape index (κ3) is 3.65. The largest absolute Gasteiger partial charge is 0.486 e. The summed E-state index contributed by atoms with van der Waals surface area (Å²) >= 11 is 0. The summed E-state index contributed by atoms with van der Waals surface area (Å²) < 4.78 is 46.4. The van der Waals surface area contributed by atoms with E-state index in [2.05, 4.69) is 0 Å². The molecule has 0 aliphatic carbocycles. The van der Waals surface area contributed by atoms with Gasteiger partial charge in [-0.1, -0.05) is 0 Å². The zero-order valence-electron chi connectivity index (χ0n) is 10.8. The average Bonchev–Trinajstić information content (AvgIpc) is 2.87. The molecular formula is C11H13FN2O6S. The van der Waals surface area contributed by atoms with Crippen molar-refractivity contribution in [2.75, 3.05) is 19.8 Å². The van der Waals surface area contributed by atoms with Gasteiger partial charge in [0.05, 0.1) is 18.1 Å². The van der Waals surface area contributed by atoms with E-state index >= 15 is 0 Å². The van der Waals surface area contributed by atoms with Crippen molar-refractivity contribution in [1.82, 2.24) is 0 Å². The van der Waals surface area contributed by atoms with Gasteiger partial charge in [0.2, 0.25) is 10.0 Å². The first kappa shape index (κ1) is 15.6. The molecular weight excluding hydrogens is 307 g/mol. The van der Waals surface area contributed by atoms with Gasteiger partial charge in [-0.2, -0.15) is 0 Å². The van der Waals surface area contributed by atoms with Gasteiger partial charge in [-0.25, -0.2) is 17.9 Å². The van der Waals surface area contributed by atoms with E-state index in [9.17, 15) is 22.9 Å². The van der Waals surface area contributed by atoms with E-state index in [0.717, 1.165) is 6.42 Å². The van der Waals surface area contributed by atoms with Gasteiger partial charge in [0.15, 0.2) is 5.75 Å². The molecule has 0 amide bonds. The zero-order chi connectivity index (χ0) is 15.6. The van der Waals surface area contributed by atoms with Gasteiger partial charge in [0.25, 0.3) is 0 Å². The van der Waals surface area contributed by atoms with E-state index in [0.29, 0.717) is 25.3 Å². The molecule has 1 aliphatic heterocycles. The Morgan fingerprint density at radius 1 is 1.52 bits per heavy atom. The minimum Gasteiger partial charge on any atom is -0.486 e. The highest BCUT2D eigenvalue weighted by molar-refractivity contribution is 7.89. The monoisotopic (exact) mass is 320 g/mol. The summed E-state index contributed by atoms with van der Waals surface area (Å²) in [6.07, 6.45) is 0.742. The first-order chi connectivity index (χ1) is 9.79. The fourth-order valence-electron chi connectivity index (χ4n) is 1.92. The number of nitro groups is 1. The minimum atomic E-state index is -4.39. The van der Waals surface area contributed by atoms with Gasteiger partial charge >= 0.3 is 5.69 Å². The maximum atomic E-state index is 13.7. The number of hydrogen-bond donors (Lipinski definition) is 1. The SMILES string of the molecule is NS(=O)(=O)c1cc([N+](=O)[O-])c(OCC2CCOC2)cc1F. The van der Waals surface area contributed by atoms with Crippen molar-refractivity contribution in [2.24, 2.45) is 11.1 Å². The van der Waals surface area contributed by atoms with E-state index in [1.54, 1.807) is 0 Å². The second kappa shape index (κ2) is 5.92. The predicted octanol–water partition coefficient (Wildman–Crippen LogP) is 0.797. The summed E-state index contributed by atoms with van der Waals surface area (Å²) in [6.45, 7) is 1.16. The Bertz CT molecular complexity index is 657. The molecule has 1 aliphatic rings. The first-order valence-electron chi connectivity index (χ1n) is 6.00. The Kier molecular flexibility index (Phi) is 4.40. The number of rotatable bonds is 5. The normalized spacial score (nSPS) is 18.7. The van der Waals surface area contributed by atoms with Crippen LogP contribution in [0.4, 0.5) is 10.1 Å².